The highest BCUT2D eigenvalue weighted by atomic mass is 19.2. The van der Waals surface area contributed by atoms with Gasteiger partial charge in [-0.25, -0.2) is 18.6 Å². The van der Waals surface area contributed by atoms with Crippen LogP contribution in [0.25, 0.3) is 0 Å². The maximum Gasteiger partial charge on any atom is 0.194 e. The van der Waals surface area contributed by atoms with Crippen LogP contribution in [0.3, 0.4) is 0 Å². The van der Waals surface area contributed by atoms with Crippen molar-refractivity contribution in [3.8, 4) is 0 Å². The molecule has 0 aliphatic rings. The molecule has 3 N–H and O–H groups in total. The molecule has 0 amide bonds. The molecule has 1 aromatic carbocycles. The van der Waals surface area contributed by atoms with Crippen molar-refractivity contribution in [1.29, 1.82) is 0 Å². The molecule has 19 heavy (non-hydrogen) atoms. The van der Waals surface area contributed by atoms with Crippen LogP contribution < -0.4 is 11.3 Å². The summed E-state index contributed by atoms with van der Waals surface area (Å²) in [6.45, 7) is 1.72. The lowest BCUT2D eigenvalue weighted by atomic mass is 9.97. The largest absolute Gasteiger partial charge is 0.271 e. The minimum Gasteiger partial charge on any atom is -0.271 e. The number of aromatic nitrogens is 1. The summed E-state index contributed by atoms with van der Waals surface area (Å²) in [6, 6.07) is 4.57. The topological polar surface area (TPSA) is 50.9 Å². The van der Waals surface area contributed by atoms with Gasteiger partial charge in [-0.3, -0.25) is 10.8 Å². The van der Waals surface area contributed by atoms with Crippen molar-refractivity contribution in [2.24, 2.45) is 5.84 Å². The maximum atomic E-state index is 13.8. The maximum absolute atomic E-state index is 13.8. The van der Waals surface area contributed by atoms with E-state index in [0.29, 0.717) is 11.3 Å². The number of pyridine rings is 1. The van der Waals surface area contributed by atoms with E-state index in [9.17, 15) is 13.2 Å². The Morgan fingerprint density at radius 2 is 1.84 bits per heavy atom. The van der Waals surface area contributed by atoms with Gasteiger partial charge in [-0.15, -0.1) is 0 Å². The fourth-order valence-electron chi connectivity index (χ4n) is 1.91. The first kappa shape index (κ1) is 13.5. The summed E-state index contributed by atoms with van der Waals surface area (Å²) in [5.74, 6) is 1.39. The molecule has 100 valence electrons. The molecule has 0 spiro atoms. The number of nitrogens with two attached hydrogens (primary N) is 1. The number of halogens is 3. The van der Waals surface area contributed by atoms with Crippen molar-refractivity contribution in [2.75, 3.05) is 0 Å². The third-order valence-electron chi connectivity index (χ3n) is 2.90. The Labute approximate surface area is 108 Å². The van der Waals surface area contributed by atoms with Crippen molar-refractivity contribution in [1.82, 2.24) is 10.4 Å². The molecule has 0 radical (unpaired) electrons. The molecule has 0 aliphatic carbocycles. The third kappa shape index (κ3) is 2.45. The average molecular weight is 267 g/mol. The number of rotatable bonds is 3. The first-order valence-electron chi connectivity index (χ1n) is 5.57. The summed E-state index contributed by atoms with van der Waals surface area (Å²) < 4.78 is 40.0. The number of nitrogens with one attached hydrogen (secondary N) is 1. The molecule has 0 saturated heterocycles. The second kappa shape index (κ2) is 5.38. The molecule has 0 aliphatic heterocycles. The van der Waals surface area contributed by atoms with E-state index in [1.807, 2.05) is 0 Å². The molecule has 2 aromatic rings. The Hall–Kier alpha value is -1.92. The highest BCUT2D eigenvalue weighted by Crippen LogP contribution is 2.27. The van der Waals surface area contributed by atoms with Crippen molar-refractivity contribution in [2.45, 2.75) is 13.0 Å². The normalized spacial score (nSPS) is 12.5. The van der Waals surface area contributed by atoms with Gasteiger partial charge in [0.2, 0.25) is 0 Å². The van der Waals surface area contributed by atoms with E-state index in [1.165, 1.54) is 0 Å². The number of hydrazine groups is 1. The number of hydrogen-bond donors (Lipinski definition) is 2. The number of aryl methyl sites for hydroxylation is 1. The quantitative estimate of drug-likeness (QED) is 0.510. The molecule has 3 nitrogen and oxygen atoms in total. The fourth-order valence-corrected chi connectivity index (χ4v) is 1.91. The molecule has 0 saturated carbocycles. The van der Waals surface area contributed by atoms with E-state index < -0.39 is 23.5 Å². The van der Waals surface area contributed by atoms with E-state index in [2.05, 4.69) is 10.4 Å². The summed E-state index contributed by atoms with van der Waals surface area (Å²) in [7, 11) is 0. The predicted octanol–water partition coefficient (Wildman–Crippen LogP) is 2.36. The van der Waals surface area contributed by atoms with Crippen molar-refractivity contribution >= 4 is 0 Å². The van der Waals surface area contributed by atoms with Gasteiger partial charge >= 0.3 is 0 Å². The lowest BCUT2D eigenvalue weighted by molar-refractivity contribution is 0.433. The lowest BCUT2D eigenvalue weighted by Gasteiger charge is -2.19. The Bertz CT molecular complexity index is 602. The van der Waals surface area contributed by atoms with Gasteiger partial charge in [-0.2, -0.15) is 0 Å². The molecular weight excluding hydrogens is 255 g/mol. The number of nitrogens with zero attached hydrogens (tertiary/aromatic N) is 1. The third-order valence-corrected chi connectivity index (χ3v) is 2.90. The van der Waals surface area contributed by atoms with Gasteiger partial charge in [-0.05, 0) is 24.6 Å². The highest BCUT2D eigenvalue weighted by Gasteiger charge is 2.22. The Morgan fingerprint density at radius 3 is 2.47 bits per heavy atom. The molecule has 0 fully saturated rings. The van der Waals surface area contributed by atoms with Crippen LogP contribution in [-0.2, 0) is 0 Å². The molecule has 2 rings (SSSR count). The zero-order valence-electron chi connectivity index (χ0n) is 10.1. The number of hydrogen-bond acceptors (Lipinski definition) is 3. The van der Waals surface area contributed by atoms with E-state index in [0.717, 1.165) is 12.1 Å². The average Bonchev–Trinajstić information content (AvgIpc) is 2.41. The predicted molar refractivity (Wildman–Crippen MR) is 64.5 cm³/mol. The van der Waals surface area contributed by atoms with Crippen molar-refractivity contribution in [3.05, 3.63) is 64.7 Å². The van der Waals surface area contributed by atoms with Gasteiger partial charge in [0, 0.05) is 17.5 Å². The molecular formula is C13H12F3N3. The Kier molecular flexibility index (Phi) is 3.82. The molecule has 1 aromatic heterocycles. The van der Waals surface area contributed by atoms with Crippen LogP contribution in [0.2, 0.25) is 0 Å². The van der Waals surface area contributed by atoms with Gasteiger partial charge in [0.15, 0.2) is 17.5 Å². The standard InChI is InChI=1S/C13H12F3N3/c1-7-8(3-2-6-18-7)13(19-17)9-4-5-10(14)12(16)11(9)15/h2-6,13,19H,17H2,1H3. The Morgan fingerprint density at radius 1 is 1.11 bits per heavy atom. The van der Waals surface area contributed by atoms with Gasteiger partial charge in [0.1, 0.15) is 0 Å². The first-order chi connectivity index (χ1) is 9.06. The second-order valence-corrected chi connectivity index (χ2v) is 4.04. The van der Waals surface area contributed by atoms with Crippen molar-refractivity contribution in [3.63, 3.8) is 0 Å². The molecule has 6 heteroatoms. The molecule has 1 heterocycles. The summed E-state index contributed by atoms with van der Waals surface area (Å²) in [4.78, 5) is 4.06. The zero-order chi connectivity index (χ0) is 14.0. The van der Waals surface area contributed by atoms with Gasteiger partial charge in [0.25, 0.3) is 0 Å². The van der Waals surface area contributed by atoms with Crippen LogP contribution in [0.1, 0.15) is 22.9 Å². The van der Waals surface area contributed by atoms with Crippen LogP contribution in [0.15, 0.2) is 30.5 Å². The van der Waals surface area contributed by atoms with Crippen LogP contribution in [0.4, 0.5) is 13.2 Å². The monoisotopic (exact) mass is 267 g/mol. The van der Waals surface area contributed by atoms with E-state index in [1.54, 1.807) is 25.3 Å². The summed E-state index contributed by atoms with van der Waals surface area (Å²) in [5.41, 5.74) is 3.53. The minimum absolute atomic E-state index is 0.0718. The van der Waals surface area contributed by atoms with Crippen LogP contribution in [-0.4, -0.2) is 4.98 Å². The van der Waals surface area contributed by atoms with Gasteiger partial charge in [-0.1, -0.05) is 12.1 Å². The molecule has 0 bridgehead atoms. The van der Waals surface area contributed by atoms with Crippen LogP contribution >= 0.6 is 0 Å². The summed E-state index contributed by atoms with van der Waals surface area (Å²) in [5, 5.41) is 0. The number of benzene rings is 1. The lowest BCUT2D eigenvalue weighted by Crippen LogP contribution is -2.30. The van der Waals surface area contributed by atoms with Gasteiger partial charge in [0.05, 0.1) is 6.04 Å². The zero-order valence-corrected chi connectivity index (χ0v) is 10.1. The highest BCUT2D eigenvalue weighted by molar-refractivity contribution is 5.35. The molecule has 1 atom stereocenters. The summed E-state index contributed by atoms with van der Waals surface area (Å²) >= 11 is 0. The first-order valence-corrected chi connectivity index (χ1v) is 5.57. The smallest absolute Gasteiger partial charge is 0.194 e. The SMILES string of the molecule is Cc1ncccc1C(NN)c1ccc(F)c(F)c1F. The molecule has 1 unspecified atom stereocenters. The second-order valence-electron chi connectivity index (χ2n) is 4.04. The van der Waals surface area contributed by atoms with Gasteiger partial charge < -0.3 is 0 Å². The van der Waals surface area contributed by atoms with Crippen molar-refractivity contribution < 1.29 is 13.2 Å². The van der Waals surface area contributed by atoms with E-state index >= 15 is 0 Å². The minimum atomic E-state index is -1.51. The summed E-state index contributed by atoms with van der Waals surface area (Å²) in [6.07, 6.45) is 1.58. The van der Waals surface area contributed by atoms with Crippen LogP contribution in [0.5, 0.6) is 0 Å². The Balaban J connectivity index is 2.55. The fraction of sp³-hybridized carbons (Fsp3) is 0.154. The van der Waals surface area contributed by atoms with E-state index in [4.69, 9.17) is 5.84 Å². The van der Waals surface area contributed by atoms with Crippen LogP contribution in [0, 0.1) is 24.4 Å². The van der Waals surface area contributed by atoms with E-state index in [-0.39, 0.29) is 5.56 Å².